The zero-order valence-electron chi connectivity index (χ0n) is 27.0. The number of nitro benzene ring substituents is 1. The van der Waals surface area contributed by atoms with E-state index >= 15 is 0 Å². The lowest BCUT2D eigenvalue weighted by atomic mass is 10.1. The average Bonchev–Trinajstić information content (AvgIpc) is 3.76. The van der Waals surface area contributed by atoms with Crippen molar-refractivity contribution in [3.05, 3.63) is 132 Å². The van der Waals surface area contributed by atoms with E-state index in [4.69, 9.17) is 5.73 Å². The summed E-state index contributed by atoms with van der Waals surface area (Å²) in [4.78, 5) is 28.6. The van der Waals surface area contributed by atoms with Crippen LogP contribution < -0.4 is 16.4 Å². The van der Waals surface area contributed by atoms with Crippen molar-refractivity contribution in [2.75, 3.05) is 16.4 Å². The van der Waals surface area contributed by atoms with Gasteiger partial charge in [0.05, 0.1) is 39.4 Å². The van der Waals surface area contributed by atoms with E-state index < -0.39 is 4.92 Å². The Kier molecular flexibility index (Phi) is 8.46. The molecule has 0 bridgehead atoms. The smallest absolute Gasteiger partial charge is 0.271 e. The number of nitrogens with zero attached hydrogens (tertiary/aromatic N) is 9. The molecule has 0 atom stereocenters. The lowest BCUT2D eigenvalue weighted by Gasteiger charge is -2.07. The number of aryl methyl sites for hydroxylation is 2. The van der Waals surface area contributed by atoms with Gasteiger partial charge in [-0.05, 0) is 60.7 Å². The van der Waals surface area contributed by atoms with Gasteiger partial charge in [-0.25, -0.2) is 9.97 Å². The van der Waals surface area contributed by atoms with E-state index in [9.17, 15) is 10.1 Å². The third-order valence-corrected chi connectivity index (χ3v) is 7.64. The molecule has 6 heterocycles. The third-order valence-electron chi connectivity index (χ3n) is 7.64. The summed E-state index contributed by atoms with van der Waals surface area (Å²) >= 11 is 0. The van der Waals surface area contributed by atoms with Gasteiger partial charge in [-0.1, -0.05) is 12.1 Å². The summed E-state index contributed by atoms with van der Waals surface area (Å²) in [6.45, 7) is 0. The number of pyridine rings is 4. The number of anilines is 5. The van der Waals surface area contributed by atoms with E-state index in [1.165, 1.54) is 12.1 Å². The van der Waals surface area contributed by atoms with Crippen molar-refractivity contribution in [1.29, 1.82) is 0 Å². The molecule has 4 N–H and O–H groups in total. The number of aromatic nitrogens is 8. The van der Waals surface area contributed by atoms with Gasteiger partial charge in [-0.3, -0.25) is 29.4 Å². The Balaban J connectivity index is 0.000000157. The number of non-ortho nitro benzene ring substituents is 1. The molecule has 0 saturated carbocycles. The van der Waals surface area contributed by atoms with Crippen LogP contribution in [0.1, 0.15) is 0 Å². The number of nitrogen functional groups attached to an aromatic ring is 1. The maximum atomic E-state index is 10.9. The lowest BCUT2D eigenvalue weighted by Crippen LogP contribution is -1.96. The fourth-order valence-corrected chi connectivity index (χ4v) is 5.22. The first kappa shape index (κ1) is 31.4. The van der Waals surface area contributed by atoms with Crippen molar-refractivity contribution in [3.8, 4) is 22.3 Å². The summed E-state index contributed by atoms with van der Waals surface area (Å²) in [7, 11) is 3.75. The normalized spacial score (nSPS) is 10.8. The molecule has 8 aromatic rings. The number of hydrogen-bond acceptors (Lipinski definition) is 11. The predicted octanol–water partition coefficient (Wildman–Crippen LogP) is 7.04. The number of rotatable bonds is 7. The Morgan fingerprint density at radius 1 is 0.620 bits per heavy atom. The van der Waals surface area contributed by atoms with Crippen LogP contribution in [0.3, 0.4) is 0 Å². The molecular weight excluding hydrogens is 632 g/mol. The first-order valence-electron chi connectivity index (χ1n) is 15.4. The standard InChI is InChI=1S/C18H14N6O2.C18H16N6/c1-23-11-13(10-20-23)12-7-17-16(19-9-12)5-6-18(22-17)21-14-3-2-4-15(8-14)24(25)26;1-24-11-13(10-21-24)12-7-17-16(20-9-12)5-6-18(23-17)22-15-4-2-3-14(19)8-15/h2-11H,1H3,(H,21,22);2-11H,19H2,1H3,(H,22,23). The Morgan fingerprint density at radius 3 is 1.62 bits per heavy atom. The van der Waals surface area contributed by atoms with Crippen molar-refractivity contribution in [1.82, 2.24) is 39.5 Å². The van der Waals surface area contributed by atoms with Gasteiger partial charge in [-0.2, -0.15) is 10.2 Å². The molecule has 14 heteroatoms. The number of nitrogens with two attached hydrogens (primary N) is 1. The van der Waals surface area contributed by atoms with Crippen LogP contribution in [0, 0.1) is 10.1 Å². The summed E-state index contributed by atoms with van der Waals surface area (Å²) in [5, 5.41) is 25.6. The summed E-state index contributed by atoms with van der Waals surface area (Å²) in [5.74, 6) is 1.33. The van der Waals surface area contributed by atoms with Gasteiger partial charge in [0.2, 0.25) is 0 Å². The number of benzene rings is 2. The zero-order chi connectivity index (χ0) is 34.6. The van der Waals surface area contributed by atoms with E-state index in [2.05, 4.69) is 40.8 Å². The number of fused-ring (bicyclic) bond motifs is 2. The highest BCUT2D eigenvalue weighted by Gasteiger charge is 2.09. The molecule has 0 amide bonds. The van der Waals surface area contributed by atoms with Gasteiger partial charge in [0.25, 0.3) is 5.69 Å². The molecule has 0 aliphatic heterocycles. The summed E-state index contributed by atoms with van der Waals surface area (Å²) in [6, 6.07) is 25.3. The highest BCUT2D eigenvalue weighted by molar-refractivity contribution is 5.83. The minimum Gasteiger partial charge on any atom is -0.399 e. The Labute approximate surface area is 285 Å². The van der Waals surface area contributed by atoms with Gasteiger partial charge >= 0.3 is 0 Å². The molecule has 0 spiro atoms. The Morgan fingerprint density at radius 2 is 1.14 bits per heavy atom. The van der Waals surface area contributed by atoms with Crippen molar-refractivity contribution >= 4 is 56.5 Å². The average molecular weight is 663 g/mol. The second-order valence-corrected chi connectivity index (χ2v) is 11.4. The number of nitrogens with one attached hydrogen (secondary N) is 2. The van der Waals surface area contributed by atoms with Crippen LogP contribution >= 0.6 is 0 Å². The van der Waals surface area contributed by atoms with Crippen LogP contribution in [0.2, 0.25) is 0 Å². The second-order valence-electron chi connectivity index (χ2n) is 11.4. The molecular formula is C36H30N12O2. The van der Waals surface area contributed by atoms with Gasteiger partial charge < -0.3 is 16.4 Å². The topological polar surface area (TPSA) is 180 Å². The van der Waals surface area contributed by atoms with Crippen molar-refractivity contribution < 1.29 is 4.92 Å². The monoisotopic (exact) mass is 662 g/mol. The first-order valence-corrected chi connectivity index (χ1v) is 15.4. The molecule has 14 nitrogen and oxygen atoms in total. The van der Waals surface area contributed by atoms with Crippen LogP contribution in [0.15, 0.2) is 122 Å². The molecule has 0 saturated heterocycles. The quantitative estimate of drug-likeness (QED) is 0.0905. The van der Waals surface area contributed by atoms with Crippen LogP contribution in [0.25, 0.3) is 44.3 Å². The maximum absolute atomic E-state index is 10.9. The molecule has 0 fully saturated rings. The molecule has 246 valence electrons. The highest BCUT2D eigenvalue weighted by atomic mass is 16.6. The molecule has 8 rings (SSSR count). The van der Waals surface area contributed by atoms with E-state index in [1.54, 1.807) is 40.0 Å². The second kappa shape index (κ2) is 13.5. The predicted molar refractivity (Wildman–Crippen MR) is 194 cm³/mol. The van der Waals surface area contributed by atoms with Crippen molar-refractivity contribution in [2.24, 2.45) is 14.1 Å². The molecule has 0 radical (unpaired) electrons. The fraction of sp³-hybridized carbons (Fsp3) is 0.0556. The maximum Gasteiger partial charge on any atom is 0.271 e. The third kappa shape index (κ3) is 7.18. The number of hydrogen-bond donors (Lipinski definition) is 3. The molecule has 0 unspecified atom stereocenters. The van der Waals surface area contributed by atoms with Crippen LogP contribution in [-0.4, -0.2) is 44.4 Å². The fourth-order valence-electron chi connectivity index (χ4n) is 5.22. The van der Waals surface area contributed by atoms with E-state index in [0.717, 1.165) is 55.8 Å². The number of nitro groups is 1. The van der Waals surface area contributed by atoms with Gasteiger partial charge in [-0.15, -0.1) is 0 Å². The van der Waals surface area contributed by atoms with Crippen LogP contribution in [0.5, 0.6) is 0 Å². The van der Waals surface area contributed by atoms with E-state index in [0.29, 0.717) is 17.2 Å². The first-order chi connectivity index (χ1) is 24.3. The summed E-state index contributed by atoms with van der Waals surface area (Å²) < 4.78 is 3.50. The molecule has 0 aliphatic rings. The Hall–Kier alpha value is -7.22. The summed E-state index contributed by atoms with van der Waals surface area (Å²) in [5.41, 5.74) is 15.1. The minimum atomic E-state index is -0.427. The largest absolute Gasteiger partial charge is 0.399 e. The molecule has 6 aromatic heterocycles. The molecule has 2 aromatic carbocycles. The SMILES string of the molecule is Cn1cc(-c2cnc3ccc(Nc4cccc(N)c4)nc3c2)cn1.Cn1cc(-c2cnc3ccc(Nc4cccc([N+](=O)[O-])c4)nc3c2)cn1. The van der Waals surface area contributed by atoms with E-state index in [-0.39, 0.29) is 5.69 Å². The molecule has 0 aliphatic carbocycles. The highest BCUT2D eigenvalue weighted by Crippen LogP contribution is 2.26. The zero-order valence-corrected chi connectivity index (χ0v) is 27.0. The Bertz CT molecular complexity index is 2490. The molecule has 50 heavy (non-hydrogen) atoms. The van der Waals surface area contributed by atoms with Gasteiger partial charge in [0.1, 0.15) is 11.6 Å². The minimum absolute atomic E-state index is 0.0244. The van der Waals surface area contributed by atoms with Crippen LogP contribution in [0.4, 0.5) is 34.4 Å². The van der Waals surface area contributed by atoms with Crippen LogP contribution in [-0.2, 0) is 14.1 Å². The van der Waals surface area contributed by atoms with Crippen molar-refractivity contribution in [3.63, 3.8) is 0 Å². The lowest BCUT2D eigenvalue weighted by molar-refractivity contribution is -0.384. The van der Waals surface area contributed by atoms with E-state index in [1.807, 2.05) is 93.5 Å². The van der Waals surface area contributed by atoms with Gasteiger partial charge in [0.15, 0.2) is 0 Å². The van der Waals surface area contributed by atoms with Crippen molar-refractivity contribution in [2.45, 2.75) is 0 Å². The summed E-state index contributed by atoms with van der Waals surface area (Å²) in [6.07, 6.45) is 11.1. The van der Waals surface area contributed by atoms with Gasteiger partial charge in [0, 0.05) is 90.3 Å².